The number of anilines is 1. The molecule has 2 rings (SSSR count). The van der Waals surface area contributed by atoms with Gasteiger partial charge in [0.2, 0.25) is 0 Å². The normalized spacial score (nSPS) is 11.7. The van der Waals surface area contributed by atoms with E-state index in [0.29, 0.717) is 16.6 Å². The minimum absolute atomic E-state index is 0.179. The summed E-state index contributed by atoms with van der Waals surface area (Å²) < 4.78 is 31.8. The van der Waals surface area contributed by atoms with Gasteiger partial charge in [-0.25, -0.2) is 0 Å². The Kier molecular flexibility index (Phi) is 2.76. The third kappa shape index (κ3) is 2.09. The average molecular weight is 252 g/mol. The van der Waals surface area contributed by atoms with Crippen molar-refractivity contribution in [2.45, 2.75) is 4.90 Å². The highest BCUT2D eigenvalue weighted by molar-refractivity contribution is 7.86. The smallest absolute Gasteiger partial charge is 0.298 e. The summed E-state index contributed by atoms with van der Waals surface area (Å²) in [5, 5.41) is 0.688. The molecule has 1 aromatic heterocycles. The Morgan fingerprint density at radius 2 is 1.88 bits per heavy atom. The molecule has 1 N–H and O–H groups in total. The summed E-state index contributed by atoms with van der Waals surface area (Å²) in [4.78, 5) is 5.49. The van der Waals surface area contributed by atoms with E-state index in [0.717, 1.165) is 0 Å². The number of fused-ring (bicyclic) bond motifs is 1. The summed E-state index contributed by atoms with van der Waals surface area (Å²) in [5.41, 5.74) is 1.13. The minimum Gasteiger partial charge on any atom is -0.376 e. The molecule has 0 aliphatic rings. The molecule has 0 fully saturated rings. The fourth-order valence-corrected chi connectivity index (χ4v) is 2.48. The molecule has 90 valence electrons. The van der Waals surface area contributed by atoms with E-state index in [9.17, 15) is 13.0 Å². The first-order chi connectivity index (χ1) is 7.91. The van der Waals surface area contributed by atoms with Gasteiger partial charge in [0.05, 0.1) is 17.4 Å². The van der Waals surface area contributed by atoms with E-state index >= 15 is 0 Å². The molecule has 0 aliphatic carbocycles. The Hall–Kier alpha value is -1.66. The molecule has 0 saturated carbocycles. The molecule has 0 saturated heterocycles. The van der Waals surface area contributed by atoms with E-state index in [1.165, 1.54) is 6.20 Å². The van der Waals surface area contributed by atoms with E-state index < -0.39 is 10.1 Å². The van der Waals surface area contributed by atoms with Gasteiger partial charge in [0.25, 0.3) is 10.1 Å². The Labute approximate surface area is 99.5 Å². The third-order valence-corrected chi connectivity index (χ3v) is 3.29. The van der Waals surface area contributed by atoms with Crippen LogP contribution in [0, 0.1) is 0 Å². The van der Waals surface area contributed by atoms with Crippen molar-refractivity contribution in [3.63, 3.8) is 0 Å². The van der Waals surface area contributed by atoms with Crippen LogP contribution < -0.4 is 4.90 Å². The molecule has 17 heavy (non-hydrogen) atoms. The van der Waals surface area contributed by atoms with Gasteiger partial charge in [0, 0.05) is 19.5 Å². The van der Waals surface area contributed by atoms with Gasteiger partial charge in [0.15, 0.2) is 0 Å². The van der Waals surface area contributed by atoms with Gasteiger partial charge in [0.1, 0.15) is 4.90 Å². The van der Waals surface area contributed by atoms with Crippen LogP contribution in [0.1, 0.15) is 0 Å². The number of pyridine rings is 1. The molecule has 0 unspecified atom stereocenters. The zero-order chi connectivity index (χ0) is 12.6. The number of benzene rings is 1. The quantitative estimate of drug-likeness (QED) is 0.821. The van der Waals surface area contributed by atoms with Gasteiger partial charge in [-0.3, -0.25) is 9.54 Å². The molecular formula is C11H12N2O3S. The van der Waals surface area contributed by atoms with Crippen LogP contribution in [-0.4, -0.2) is 32.0 Å². The first-order valence-electron chi connectivity index (χ1n) is 4.94. The first-order valence-corrected chi connectivity index (χ1v) is 6.38. The minimum atomic E-state index is -4.27. The lowest BCUT2D eigenvalue weighted by atomic mass is 10.2. The number of nitrogens with zero attached hydrogens (tertiary/aromatic N) is 2. The van der Waals surface area contributed by atoms with E-state index in [1.54, 1.807) is 37.2 Å². The Morgan fingerprint density at radius 3 is 2.47 bits per heavy atom. The van der Waals surface area contributed by atoms with Crippen molar-refractivity contribution in [3.05, 3.63) is 30.5 Å². The molecule has 0 aliphatic heterocycles. The fraction of sp³-hybridized carbons (Fsp3) is 0.182. The summed E-state index contributed by atoms with van der Waals surface area (Å²) in [7, 11) is -0.837. The van der Waals surface area contributed by atoms with Crippen molar-refractivity contribution in [2.75, 3.05) is 19.0 Å². The second-order valence-corrected chi connectivity index (χ2v) is 5.25. The van der Waals surface area contributed by atoms with Crippen LogP contribution >= 0.6 is 0 Å². The SMILES string of the molecule is CN(C)c1c(S(=O)(=O)O)cnc2ccccc12. The van der Waals surface area contributed by atoms with Gasteiger partial charge in [-0.2, -0.15) is 8.42 Å². The summed E-state index contributed by atoms with van der Waals surface area (Å²) in [6.07, 6.45) is 1.17. The van der Waals surface area contributed by atoms with Crippen LogP contribution in [0.3, 0.4) is 0 Å². The molecule has 0 bridgehead atoms. The molecule has 5 nitrogen and oxygen atoms in total. The molecule has 2 aromatic rings. The standard InChI is InChI=1S/C11H12N2O3S/c1-13(2)11-8-5-3-4-6-9(8)12-7-10(11)17(14,15)16/h3-7H,1-2H3,(H,14,15,16). The number of para-hydroxylation sites is 1. The molecule has 1 aromatic carbocycles. The van der Waals surface area contributed by atoms with E-state index in [1.807, 2.05) is 6.07 Å². The van der Waals surface area contributed by atoms with Crippen molar-refractivity contribution >= 4 is 26.7 Å². The van der Waals surface area contributed by atoms with Gasteiger partial charge < -0.3 is 4.90 Å². The fourth-order valence-electron chi connectivity index (χ4n) is 1.76. The van der Waals surface area contributed by atoms with Crippen molar-refractivity contribution in [1.82, 2.24) is 4.98 Å². The van der Waals surface area contributed by atoms with Crippen molar-refractivity contribution < 1.29 is 13.0 Å². The van der Waals surface area contributed by atoms with Crippen molar-refractivity contribution in [2.24, 2.45) is 0 Å². The Morgan fingerprint density at radius 1 is 1.24 bits per heavy atom. The van der Waals surface area contributed by atoms with Crippen LogP contribution in [-0.2, 0) is 10.1 Å². The van der Waals surface area contributed by atoms with Crippen molar-refractivity contribution in [1.29, 1.82) is 0 Å². The Balaban J connectivity index is 2.92. The maximum absolute atomic E-state index is 11.3. The largest absolute Gasteiger partial charge is 0.376 e. The third-order valence-electron chi connectivity index (χ3n) is 2.44. The molecule has 1 heterocycles. The van der Waals surface area contributed by atoms with Crippen molar-refractivity contribution in [3.8, 4) is 0 Å². The maximum Gasteiger partial charge on any atom is 0.298 e. The maximum atomic E-state index is 11.3. The number of hydrogen-bond donors (Lipinski definition) is 1. The number of rotatable bonds is 2. The number of aromatic nitrogens is 1. The van der Waals surface area contributed by atoms with Gasteiger partial charge in [-0.15, -0.1) is 0 Å². The second-order valence-electron chi connectivity index (χ2n) is 3.86. The van der Waals surface area contributed by atoms with E-state index in [-0.39, 0.29) is 4.90 Å². The summed E-state index contributed by atoms with van der Waals surface area (Å²) in [6.45, 7) is 0. The monoisotopic (exact) mass is 252 g/mol. The highest BCUT2D eigenvalue weighted by Gasteiger charge is 2.19. The molecular weight excluding hydrogens is 240 g/mol. The zero-order valence-electron chi connectivity index (χ0n) is 9.45. The summed E-state index contributed by atoms with van der Waals surface area (Å²) in [5.74, 6) is 0. The predicted molar refractivity (Wildman–Crippen MR) is 65.9 cm³/mol. The topological polar surface area (TPSA) is 70.5 Å². The average Bonchev–Trinajstić information content (AvgIpc) is 2.26. The lowest BCUT2D eigenvalue weighted by molar-refractivity contribution is 0.483. The summed E-state index contributed by atoms with van der Waals surface area (Å²) in [6, 6.07) is 7.18. The van der Waals surface area contributed by atoms with Crippen LogP contribution in [0.5, 0.6) is 0 Å². The van der Waals surface area contributed by atoms with Crippen LogP contribution in [0.15, 0.2) is 35.4 Å². The second kappa shape index (κ2) is 3.97. The molecule has 0 radical (unpaired) electrons. The van der Waals surface area contributed by atoms with E-state index in [4.69, 9.17) is 0 Å². The van der Waals surface area contributed by atoms with Crippen LogP contribution in [0.2, 0.25) is 0 Å². The number of hydrogen-bond acceptors (Lipinski definition) is 4. The van der Waals surface area contributed by atoms with Gasteiger partial charge in [-0.1, -0.05) is 18.2 Å². The summed E-state index contributed by atoms with van der Waals surface area (Å²) >= 11 is 0. The molecule has 0 spiro atoms. The van der Waals surface area contributed by atoms with Gasteiger partial charge in [-0.05, 0) is 6.07 Å². The first kappa shape index (κ1) is 11.8. The lowest BCUT2D eigenvalue weighted by Gasteiger charge is -2.17. The Bertz CT molecular complexity index is 665. The van der Waals surface area contributed by atoms with Crippen LogP contribution in [0.4, 0.5) is 5.69 Å². The zero-order valence-corrected chi connectivity index (χ0v) is 10.3. The predicted octanol–water partition coefficient (Wildman–Crippen LogP) is 1.55. The molecule has 6 heteroatoms. The lowest BCUT2D eigenvalue weighted by Crippen LogP contribution is -2.14. The van der Waals surface area contributed by atoms with Crippen LogP contribution in [0.25, 0.3) is 10.9 Å². The van der Waals surface area contributed by atoms with E-state index in [2.05, 4.69) is 4.98 Å². The molecule has 0 atom stereocenters. The molecule has 0 amide bonds. The van der Waals surface area contributed by atoms with Gasteiger partial charge >= 0.3 is 0 Å². The highest BCUT2D eigenvalue weighted by Crippen LogP contribution is 2.30. The highest BCUT2D eigenvalue weighted by atomic mass is 32.2.